The molecular weight excluding hydrogens is 256 g/mol. The Bertz CT molecular complexity index is 390. The fourth-order valence-corrected chi connectivity index (χ4v) is 3.39. The first-order chi connectivity index (χ1) is 10.2. The van der Waals surface area contributed by atoms with Gasteiger partial charge in [-0.2, -0.15) is 0 Å². The van der Waals surface area contributed by atoms with Gasteiger partial charge in [0, 0.05) is 25.2 Å². The minimum absolute atomic E-state index is 0.601. The number of piperazine rings is 1. The summed E-state index contributed by atoms with van der Waals surface area (Å²) in [5.41, 5.74) is 1.45. The smallest absolute Gasteiger partial charge is 0.0246 e. The molecule has 0 saturated carbocycles. The van der Waals surface area contributed by atoms with Crippen LogP contribution in [0.4, 0.5) is 0 Å². The van der Waals surface area contributed by atoms with Crippen LogP contribution in [0.25, 0.3) is 0 Å². The van der Waals surface area contributed by atoms with E-state index in [-0.39, 0.29) is 0 Å². The molecule has 2 heteroatoms. The van der Waals surface area contributed by atoms with Crippen LogP contribution in [-0.2, 0) is 6.42 Å². The Labute approximate surface area is 130 Å². The number of nitrogens with one attached hydrogen (secondary N) is 1. The van der Waals surface area contributed by atoms with E-state index >= 15 is 0 Å². The van der Waals surface area contributed by atoms with E-state index in [0.717, 1.165) is 18.9 Å². The molecule has 21 heavy (non-hydrogen) atoms. The van der Waals surface area contributed by atoms with E-state index in [0.29, 0.717) is 12.1 Å². The van der Waals surface area contributed by atoms with Gasteiger partial charge in [0.25, 0.3) is 0 Å². The number of rotatable bonds is 7. The second-order valence-corrected chi connectivity index (χ2v) is 6.60. The van der Waals surface area contributed by atoms with Crippen molar-refractivity contribution in [3.63, 3.8) is 0 Å². The van der Waals surface area contributed by atoms with Gasteiger partial charge < -0.3 is 5.32 Å². The quantitative estimate of drug-likeness (QED) is 0.822. The first-order valence-electron chi connectivity index (χ1n) is 8.76. The Kier molecular flexibility index (Phi) is 6.72. The molecule has 1 heterocycles. The second kappa shape index (κ2) is 8.55. The monoisotopic (exact) mass is 288 g/mol. The topological polar surface area (TPSA) is 15.3 Å². The lowest BCUT2D eigenvalue weighted by Crippen LogP contribution is -2.59. The van der Waals surface area contributed by atoms with Gasteiger partial charge in [0.1, 0.15) is 0 Å². The fraction of sp³-hybridized carbons (Fsp3) is 0.684. The minimum Gasteiger partial charge on any atom is -0.311 e. The van der Waals surface area contributed by atoms with E-state index in [4.69, 9.17) is 0 Å². The summed E-state index contributed by atoms with van der Waals surface area (Å²) in [6, 6.07) is 12.2. The molecule has 0 amide bonds. The van der Waals surface area contributed by atoms with Crippen molar-refractivity contribution in [2.24, 2.45) is 5.92 Å². The van der Waals surface area contributed by atoms with Gasteiger partial charge in [0.2, 0.25) is 0 Å². The molecule has 118 valence electrons. The third-order valence-corrected chi connectivity index (χ3v) is 4.96. The lowest BCUT2D eigenvalue weighted by Gasteiger charge is -2.43. The van der Waals surface area contributed by atoms with Gasteiger partial charge in [0.15, 0.2) is 0 Å². The molecule has 1 aliphatic heterocycles. The normalized spacial score (nSPS) is 24.9. The molecule has 0 aliphatic carbocycles. The molecule has 1 aromatic rings. The SMILES string of the molecule is CCCCN1CC(Cc2ccccc2)NCC1C(C)CC. The summed E-state index contributed by atoms with van der Waals surface area (Å²) in [7, 11) is 0. The van der Waals surface area contributed by atoms with E-state index in [1.54, 1.807) is 0 Å². The van der Waals surface area contributed by atoms with Crippen LogP contribution in [0.5, 0.6) is 0 Å². The Balaban J connectivity index is 1.95. The zero-order valence-corrected chi connectivity index (χ0v) is 14.0. The maximum atomic E-state index is 3.80. The summed E-state index contributed by atoms with van der Waals surface area (Å²) in [5, 5.41) is 3.80. The summed E-state index contributed by atoms with van der Waals surface area (Å²) < 4.78 is 0. The van der Waals surface area contributed by atoms with Crippen LogP contribution in [0.3, 0.4) is 0 Å². The third-order valence-electron chi connectivity index (χ3n) is 4.96. The van der Waals surface area contributed by atoms with Crippen molar-refractivity contribution < 1.29 is 0 Å². The zero-order valence-electron chi connectivity index (χ0n) is 14.0. The standard InChI is InChI=1S/C19H32N2/c1-4-6-12-21-15-18(13-17-10-8-7-9-11-17)20-14-19(21)16(3)5-2/h7-11,16,18-20H,4-6,12-15H2,1-3H3. The predicted molar refractivity (Wildman–Crippen MR) is 91.7 cm³/mol. The number of hydrogen-bond donors (Lipinski definition) is 1. The molecule has 1 aliphatic rings. The molecule has 3 unspecified atom stereocenters. The van der Waals surface area contributed by atoms with Gasteiger partial charge in [-0.25, -0.2) is 0 Å². The van der Waals surface area contributed by atoms with E-state index in [1.807, 2.05) is 0 Å². The molecule has 2 rings (SSSR count). The van der Waals surface area contributed by atoms with E-state index in [9.17, 15) is 0 Å². The molecule has 0 aromatic heterocycles. The van der Waals surface area contributed by atoms with Crippen LogP contribution in [0, 0.1) is 5.92 Å². The highest BCUT2D eigenvalue weighted by Crippen LogP contribution is 2.20. The molecule has 3 atom stereocenters. The summed E-state index contributed by atoms with van der Waals surface area (Å²) in [6.45, 7) is 10.6. The van der Waals surface area contributed by atoms with Crippen molar-refractivity contribution in [3.8, 4) is 0 Å². The van der Waals surface area contributed by atoms with E-state index in [2.05, 4.69) is 61.3 Å². The van der Waals surface area contributed by atoms with Gasteiger partial charge in [-0.05, 0) is 30.9 Å². The Hall–Kier alpha value is -0.860. The molecule has 0 spiro atoms. The lowest BCUT2D eigenvalue weighted by atomic mass is 9.92. The van der Waals surface area contributed by atoms with Crippen LogP contribution in [0.15, 0.2) is 30.3 Å². The predicted octanol–water partition coefficient (Wildman–Crippen LogP) is 3.72. The zero-order chi connectivity index (χ0) is 15.1. The van der Waals surface area contributed by atoms with Crippen LogP contribution >= 0.6 is 0 Å². The molecule has 0 bridgehead atoms. The highest BCUT2D eigenvalue weighted by molar-refractivity contribution is 5.16. The third kappa shape index (κ3) is 4.82. The van der Waals surface area contributed by atoms with Gasteiger partial charge in [-0.3, -0.25) is 4.90 Å². The van der Waals surface area contributed by atoms with Crippen LogP contribution in [-0.4, -0.2) is 36.6 Å². The Morgan fingerprint density at radius 3 is 2.67 bits per heavy atom. The molecule has 0 radical (unpaired) electrons. The van der Waals surface area contributed by atoms with Crippen LogP contribution in [0.1, 0.15) is 45.6 Å². The number of benzene rings is 1. The van der Waals surface area contributed by atoms with Crippen molar-refractivity contribution in [2.45, 2.75) is 58.5 Å². The van der Waals surface area contributed by atoms with Crippen molar-refractivity contribution in [3.05, 3.63) is 35.9 Å². The van der Waals surface area contributed by atoms with Crippen molar-refractivity contribution in [1.29, 1.82) is 0 Å². The lowest BCUT2D eigenvalue weighted by molar-refractivity contribution is 0.0899. The summed E-state index contributed by atoms with van der Waals surface area (Å²) in [6.07, 6.45) is 5.04. The molecular formula is C19H32N2. The fourth-order valence-electron chi connectivity index (χ4n) is 3.39. The molecule has 1 aromatic carbocycles. The van der Waals surface area contributed by atoms with Crippen molar-refractivity contribution in [2.75, 3.05) is 19.6 Å². The van der Waals surface area contributed by atoms with Crippen LogP contribution < -0.4 is 5.32 Å². The molecule has 1 fully saturated rings. The average molecular weight is 288 g/mol. The first kappa shape index (κ1) is 16.5. The number of unbranched alkanes of at least 4 members (excludes halogenated alkanes) is 1. The molecule has 2 nitrogen and oxygen atoms in total. The molecule has 1 saturated heterocycles. The largest absolute Gasteiger partial charge is 0.311 e. The number of nitrogens with zero attached hydrogens (tertiary/aromatic N) is 1. The average Bonchev–Trinajstić information content (AvgIpc) is 2.53. The maximum absolute atomic E-state index is 3.80. The van der Waals surface area contributed by atoms with Crippen molar-refractivity contribution >= 4 is 0 Å². The first-order valence-corrected chi connectivity index (χ1v) is 8.76. The summed E-state index contributed by atoms with van der Waals surface area (Å²) >= 11 is 0. The van der Waals surface area contributed by atoms with E-state index in [1.165, 1.54) is 37.9 Å². The van der Waals surface area contributed by atoms with Gasteiger partial charge in [-0.15, -0.1) is 0 Å². The molecule has 1 N–H and O–H groups in total. The highest BCUT2D eigenvalue weighted by Gasteiger charge is 2.30. The summed E-state index contributed by atoms with van der Waals surface area (Å²) in [5.74, 6) is 0.784. The Morgan fingerprint density at radius 2 is 2.00 bits per heavy atom. The minimum atomic E-state index is 0.601. The maximum Gasteiger partial charge on any atom is 0.0246 e. The van der Waals surface area contributed by atoms with Crippen LogP contribution in [0.2, 0.25) is 0 Å². The van der Waals surface area contributed by atoms with E-state index < -0.39 is 0 Å². The highest BCUT2D eigenvalue weighted by atomic mass is 15.2. The second-order valence-electron chi connectivity index (χ2n) is 6.60. The van der Waals surface area contributed by atoms with Gasteiger partial charge in [0.05, 0.1) is 0 Å². The number of hydrogen-bond acceptors (Lipinski definition) is 2. The van der Waals surface area contributed by atoms with Gasteiger partial charge in [-0.1, -0.05) is 63.9 Å². The Morgan fingerprint density at radius 1 is 1.24 bits per heavy atom. The van der Waals surface area contributed by atoms with Gasteiger partial charge >= 0.3 is 0 Å². The van der Waals surface area contributed by atoms with Crippen molar-refractivity contribution in [1.82, 2.24) is 10.2 Å². The summed E-state index contributed by atoms with van der Waals surface area (Å²) in [4.78, 5) is 2.75.